The predicted octanol–water partition coefficient (Wildman–Crippen LogP) is 4.75. The second-order valence-corrected chi connectivity index (χ2v) is 6.98. The molecule has 1 aliphatic carbocycles. The Hall–Kier alpha value is -1.12. The number of halogens is 1. The summed E-state index contributed by atoms with van der Waals surface area (Å²) in [5.41, 5.74) is 7.21. The maximum atomic E-state index is 3.61. The van der Waals surface area contributed by atoms with Gasteiger partial charge < -0.3 is 5.32 Å². The molecule has 0 fully saturated rings. The number of benzene rings is 2. The van der Waals surface area contributed by atoms with Gasteiger partial charge in [0.1, 0.15) is 0 Å². The van der Waals surface area contributed by atoms with E-state index in [2.05, 4.69) is 64.6 Å². The van der Waals surface area contributed by atoms with Crippen LogP contribution >= 0.6 is 15.9 Å². The van der Waals surface area contributed by atoms with Crippen LogP contribution in [0.25, 0.3) is 0 Å². The zero-order valence-electron chi connectivity index (χ0n) is 12.7. The Bertz CT molecular complexity index is 628. The first kappa shape index (κ1) is 14.8. The van der Waals surface area contributed by atoms with Crippen molar-refractivity contribution in [3.63, 3.8) is 0 Å². The van der Waals surface area contributed by atoms with E-state index < -0.39 is 0 Å². The minimum Gasteiger partial charge on any atom is -0.313 e. The molecule has 0 bridgehead atoms. The van der Waals surface area contributed by atoms with Gasteiger partial charge in [0.15, 0.2) is 0 Å². The van der Waals surface area contributed by atoms with Crippen LogP contribution in [0.5, 0.6) is 0 Å². The van der Waals surface area contributed by atoms with E-state index in [4.69, 9.17) is 0 Å². The summed E-state index contributed by atoms with van der Waals surface area (Å²) in [7, 11) is 2.05. The second kappa shape index (κ2) is 6.33. The van der Waals surface area contributed by atoms with Crippen LogP contribution in [0.1, 0.15) is 40.3 Å². The van der Waals surface area contributed by atoms with Crippen molar-refractivity contribution in [3.8, 4) is 0 Å². The van der Waals surface area contributed by atoms with Crippen LogP contribution in [0.15, 0.2) is 40.9 Å². The zero-order chi connectivity index (χ0) is 14.8. The van der Waals surface area contributed by atoms with Crippen LogP contribution < -0.4 is 5.32 Å². The summed E-state index contributed by atoms with van der Waals surface area (Å²) < 4.78 is 1.16. The Morgan fingerprint density at radius 1 is 1.10 bits per heavy atom. The Morgan fingerprint density at radius 2 is 1.90 bits per heavy atom. The van der Waals surface area contributed by atoms with Gasteiger partial charge in [-0.3, -0.25) is 0 Å². The highest BCUT2D eigenvalue weighted by atomic mass is 79.9. The fraction of sp³-hybridized carbons (Fsp3) is 0.368. The van der Waals surface area contributed by atoms with Crippen molar-refractivity contribution in [2.45, 2.75) is 38.6 Å². The minimum atomic E-state index is 0.362. The van der Waals surface area contributed by atoms with Gasteiger partial charge in [-0.1, -0.05) is 40.2 Å². The molecule has 0 spiro atoms. The quantitative estimate of drug-likeness (QED) is 0.844. The Labute approximate surface area is 135 Å². The SMILES string of the molecule is CNC(Cc1ccc2c(c1)CCC2)c1cc(C)cc(Br)c1. The Balaban J connectivity index is 1.84. The molecule has 0 heterocycles. The molecular formula is C19H22BrN. The lowest BCUT2D eigenvalue weighted by Gasteiger charge is -2.18. The number of hydrogen-bond acceptors (Lipinski definition) is 1. The number of likely N-dealkylation sites (N-methyl/N-ethyl adjacent to an activating group) is 1. The van der Waals surface area contributed by atoms with Gasteiger partial charge in [-0.25, -0.2) is 0 Å². The predicted molar refractivity (Wildman–Crippen MR) is 92.9 cm³/mol. The van der Waals surface area contributed by atoms with Crippen LogP contribution in [0.3, 0.4) is 0 Å². The lowest BCUT2D eigenvalue weighted by atomic mass is 9.96. The van der Waals surface area contributed by atoms with Gasteiger partial charge in [-0.15, -0.1) is 0 Å². The maximum absolute atomic E-state index is 3.61. The second-order valence-electron chi connectivity index (χ2n) is 6.06. The topological polar surface area (TPSA) is 12.0 Å². The number of nitrogens with one attached hydrogen (secondary N) is 1. The van der Waals surface area contributed by atoms with Crippen LogP contribution in [0, 0.1) is 6.92 Å². The van der Waals surface area contributed by atoms with Crippen molar-refractivity contribution < 1.29 is 0 Å². The first-order valence-electron chi connectivity index (χ1n) is 7.71. The fourth-order valence-corrected chi connectivity index (χ4v) is 3.97. The first-order valence-corrected chi connectivity index (χ1v) is 8.50. The minimum absolute atomic E-state index is 0.362. The summed E-state index contributed by atoms with van der Waals surface area (Å²) >= 11 is 3.61. The lowest BCUT2D eigenvalue weighted by molar-refractivity contribution is 0.591. The highest BCUT2D eigenvalue weighted by Gasteiger charge is 2.14. The van der Waals surface area contributed by atoms with Crippen molar-refractivity contribution in [2.24, 2.45) is 0 Å². The largest absolute Gasteiger partial charge is 0.313 e. The molecule has 1 atom stereocenters. The van der Waals surface area contributed by atoms with Crippen molar-refractivity contribution in [1.82, 2.24) is 5.32 Å². The van der Waals surface area contributed by atoms with Gasteiger partial charge in [-0.05, 0) is 79.6 Å². The van der Waals surface area contributed by atoms with E-state index in [1.54, 1.807) is 11.1 Å². The summed E-state index contributed by atoms with van der Waals surface area (Å²) in [5, 5.41) is 3.47. The number of fused-ring (bicyclic) bond motifs is 1. The summed E-state index contributed by atoms with van der Waals surface area (Å²) in [6.45, 7) is 2.15. The molecule has 0 saturated heterocycles. The lowest BCUT2D eigenvalue weighted by Crippen LogP contribution is -2.19. The molecule has 1 N–H and O–H groups in total. The molecule has 21 heavy (non-hydrogen) atoms. The van der Waals surface area contributed by atoms with Crippen LogP contribution in [-0.2, 0) is 19.3 Å². The molecule has 2 aromatic carbocycles. The Morgan fingerprint density at radius 3 is 2.67 bits per heavy atom. The standard InChI is InChI=1S/C19H22BrN/c1-13-8-17(12-18(20)9-13)19(21-2)11-14-6-7-15-4-3-5-16(15)10-14/h6-10,12,19,21H,3-5,11H2,1-2H3. The molecule has 1 aliphatic rings. The highest BCUT2D eigenvalue weighted by Crippen LogP contribution is 2.27. The fourth-order valence-electron chi connectivity index (χ4n) is 3.34. The third kappa shape index (κ3) is 3.38. The van der Waals surface area contributed by atoms with E-state index >= 15 is 0 Å². The van der Waals surface area contributed by atoms with Gasteiger partial charge in [0.25, 0.3) is 0 Å². The van der Waals surface area contributed by atoms with Crippen LogP contribution in [-0.4, -0.2) is 7.05 Å². The summed E-state index contributed by atoms with van der Waals surface area (Å²) in [6.07, 6.45) is 4.87. The summed E-state index contributed by atoms with van der Waals surface area (Å²) in [4.78, 5) is 0. The summed E-state index contributed by atoms with van der Waals surface area (Å²) in [5.74, 6) is 0. The molecule has 0 saturated carbocycles. The average molecular weight is 344 g/mol. The van der Waals surface area contributed by atoms with E-state index in [-0.39, 0.29) is 0 Å². The van der Waals surface area contributed by atoms with E-state index in [0.29, 0.717) is 6.04 Å². The monoisotopic (exact) mass is 343 g/mol. The third-order valence-corrected chi connectivity index (χ3v) is 4.88. The molecule has 1 unspecified atom stereocenters. The van der Waals surface area contributed by atoms with Gasteiger partial charge >= 0.3 is 0 Å². The first-order chi connectivity index (χ1) is 10.2. The highest BCUT2D eigenvalue weighted by molar-refractivity contribution is 9.10. The van der Waals surface area contributed by atoms with E-state index in [1.807, 2.05) is 7.05 Å². The van der Waals surface area contributed by atoms with Gasteiger partial charge in [0.05, 0.1) is 0 Å². The van der Waals surface area contributed by atoms with Gasteiger partial charge in [0, 0.05) is 10.5 Å². The molecule has 2 heteroatoms. The molecule has 0 aromatic heterocycles. The van der Waals surface area contributed by atoms with Gasteiger partial charge in [0.2, 0.25) is 0 Å². The molecule has 3 rings (SSSR count). The molecule has 0 aliphatic heterocycles. The van der Waals surface area contributed by atoms with E-state index in [9.17, 15) is 0 Å². The van der Waals surface area contributed by atoms with Gasteiger partial charge in [-0.2, -0.15) is 0 Å². The van der Waals surface area contributed by atoms with Crippen molar-refractivity contribution in [1.29, 1.82) is 0 Å². The zero-order valence-corrected chi connectivity index (χ0v) is 14.3. The molecule has 110 valence electrons. The van der Waals surface area contributed by atoms with E-state index in [1.165, 1.54) is 36.0 Å². The normalized spacial score (nSPS) is 15.0. The Kier molecular flexibility index (Phi) is 4.46. The van der Waals surface area contributed by atoms with Crippen LogP contribution in [0.4, 0.5) is 0 Å². The van der Waals surface area contributed by atoms with Crippen molar-refractivity contribution in [3.05, 3.63) is 68.7 Å². The van der Waals surface area contributed by atoms with Crippen molar-refractivity contribution in [2.75, 3.05) is 7.05 Å². The number of aryl methyl sites for hydroxylation is 3. The molecule has 0 radical (unpaired) electrons. The third-order valence-electron chi connectivity index (χ3n) is 4.42. The molecule has 2 aromatic rings. The number of hydrogen-bond donors (Lipinski definition) is 1. The smallest absolute Gasteiger partial charge is 0.0358 e. The maximum Gasteiger partial charge on any atom is 0.0358 e. The molecular weight excluding hydrogens is 322 g/mol. The summed E-state index contributed by atoms with van der Waals surface area (Å²) in [6, 6.07) is 14.1. The average Bonchev–Trinajstić information content (AvgIpc) is 2.91. The number of rotatable bonds is 4. The molecule has 1 nitrogen and oxygen atoms in total. The van der Waals surface area contributed by atoms with E-state index in [0.717, 1.165) is 10.9 Å². The van der Waals surface area contributed by atoms with Crippen LogP contribution in [0.2, 0.25) is 0 Å². The molecule has 0 amide bonds. The van der Waals surface area contributed by atoms with Crippen molar-refractivity contribution >= 4 is 15.9 Å².